The van der Waals surface area contributed by atoms with Crippen LogP contribution in [0, 0.1) is 5.92 Å². The molecule has 1 spiro atoms. The lowest BCUT2D eigenvalue weighted by molar-refractivity contribution is -0.154. The van der Waals surface area contributed by atoms with Crippen LogP contribution in [0.5, 0.6) is 0 Å². The average molecular weight is 550 g/mol. The zero-order valence-electron chi connectivity index (χ0n) is 20.5. The molecule has 1 saturated heterocycles. The molecule has 8 nitrogen and oxygen atoms in total. The van der Waals surface area contributed by atoms with Crippen LogP contribution in [0.25, 0.3) is 0 Å². The summed E-state index contributed by atoms with van der Waals surface area (Å²) in [5.74, 6) is -3.18. The van der Waals surface area contributed by atoms with Gasteiger partial charge in [-0.25, -0.2) is 4.79 Å². The van der Waals surface area contributed by atoms with Crippen molar-refractivity contribution in [3.63, 3.8) is 0 Å². The van der Waals surface area contributed by atoms with Gasteiger partial charge in [0.05, 0.1) is 35.7 Å². The lowest BCUT2D eigenvalue weighted by Gasteiger charge is -2.38. The van der Waals surface area contributed by atoms with Crippen molar-refractivity contribution < 1.29 is 37.1 Å². The number of rotatable bonds is 5. The van der Waals surface area contributed by atoms with E-state index in [9.17, 15) is 32.3 Å². The Morgan fingerprint density at radius 1 is 1.16 bits per heavy atom. The summed E-state index contributed by atoms with van der Waals surface area (Å²) < 4.78 is 45.3. The molecule has 2 heterocycles. The Balaban J connectivity index is 1.53. The molecule has 38 heavy (non-hydrogen) atoms. The summed E-state index contributed by atoms with van der Waals surface area (Å²) in [4.78, 5) is 55.8. The van der Waals surface area contributed by atoms with E-state index in [0.29, 0.717) is 29.1 Å². The molecule has 0 radical (unpaired) electrons. The Hall–Kier alpha value is -3.60. The third-order valence-corrected chi connectivity index (χ3v) is 7.75. The summed E-state index contributed by atoms with van der Waals surface area (Å²) >= 11 is 6.03. The van der Waals surface area contributed by atoms with Crippen LogP contribution in [-0.4, -0.2) is 48.9 Å². The van der Waals surface area contributed by atoms with Crippen molar-refractivity contribution in [3.8, 4) is 0 Å². The minimum atomic E-state index is -4.74. The molecule has 0 bridgehead atoms. The van der Waals surface area contributed by atoms with Gasteiger partial charge in [0.15, 0.2) is 5.92 Å². The first-order valence-corrected chi connectivity index (χ1v) is 12.3. The molecular weight excluding hydrogens is 527 g/mol. The molecule has 3 aliphatic rings. The fourth-order valence-corrected chi connectivity index (χ4v) is 5.45. The lowest BCUT2D eigenvalue weighted by atomic mass is 9.96. The molecule has 2 aromatic rings. The van der Waals surface area contributed by atoms with E-state index in [1.165, 1.54) is 11.0 Å². The van der Waals surface area contributed by atoms with Crippen LogP contribution < -0.4 is 9.80 Å². The molecule has 1 atom stereocenters. The number of likely N-dealkylation sites (N-methyl/N-ethyl adjacent to an activating group) is 1. The highest BCUT2D eigenvalue weighted by molar-refractivity contribution is 6.32. The standard InChI is InChI=1S/C26H23ClF3N3O5/c1-3-38-22(35)16-13-32(15-7-8-19-18(11-15)25(9-10-25)23(36)31(19)2)24(37)33(21(16)34)12-14-5-4-6-17(20(14)27)26(28,29)30/h4-8,11,16H,3,9-10,12-13H2,1-2H3. The zero-order chi connectivity index (χ0) is 27.6. The maximum Gasteiger partial charge on any atom is 0.417 e. The van der Waals surface area contributed by atoms with E-state index < -0.39 is 52.5 Å². The van der Waals surface area contributed by atoms with Crippen molar-refractivity contribution in [2.45, 2.75) is 37.9 Å². The van der Waals surface area contributed by atoms with Gasteiger partial charge in [0, 0.05) is 18.4 Å². The second-order valence-corrected chi connectivity index (χ2v) is 9.92. The molecule has 1 saturated carbocycles. The average Bonchev–Trinajstić information content (AvgIpc) is 3.64. The van der Waals surface area contributed by atoms with E-state index in [-0.39, 0.29) is 24.6 Å². The SMILES string of the molecule is CCOC(=O)C1CN(c2ccc3c(c2)C2(CC2)C(=O)N3C)C(=O)N(Cc2cccc(C(F)(F)F)c2Cl)C1=O. The molecule has 2 fully saturated rings. The van der Waals surface area contributed by atoms with Gasteiger partial charge in [0.1, 0.15) is 0 Å². The van der Waals surface area contributed by atoms with Crippen LogP contribution in [0.3, 0.4) is 0 Å². The van der Waals surface area contributed by atoms with E-state index in [0.717, 1.165) is 17.7 Å². The highest BCUT2D eigenvalue weighted by Crippen LogP contribution is 2.57. The van der Waals surface area contributed by atoms with Crippen molar-refractivity contribution >= 4 is 46.8 Å². The van der Waals surface area contributed by atoms with E-state index in [1.54, 1.807) is 37.1 Å². The van der Waals surface area contributed by atoms with Crippen LogP contribution >= 0.6 is 11.6 Å². The smallest absolute Gasteiger partial charge is 0.417 e. The Labute approximate surface area is 220 Å². The van der Waals surface area contributed by atoms with Crippen molar-refractivity contribution in [1.82, 2.24) is 4.90 Å². The van der Waals surface area contributed by atoms with Gasteiger partial charge >= 0.3 is 18.2 Å². The second-order valence-electron chi connectivity index (χ2n) is 9.55. The number of fused-ring (bicyclic) bond motifs is 2. The number of urea groups is 1. The number of halogens is 4. The summed E-state index contributed by atoms with van der Waals surface area (Å²) in [6.45, 7) is 0.658. The third kappa shape index (κ3) is 4.00. The van der Waals surface area contributed by atoms with Crippen molar-refractivity contribution in [1.29, 1.82) is 0 Å². The summed E-state index contributed by atoms with van der Waals surface area (Å²) in [6.07, 6.45) is -3.40. The largest absolute Gasteiger partial charge is 0.465 e. The van der Waals surface area contributed by atoms with Gasteiger partial charge in [-0.3, -0.25) is 24.2 Å². The van der Waals surface area contributed by atoms with Crippen LogP contribution in [0.2, 0.25) is 5.02 Å². The fraction of sp³-hybridized carbons (Fsp3) is 0.385. The van der Waals surface area contributed by atoms with E-state index in [1.807, 2.05) is 0 Å². The minimum absolute atomic E-state index is 0.00811. The van der Waals surface area contributed by atoms with Crippen LogP contribution in [-0.2, 0) is 37.3 Å². The normalized spacial score (nSPS) is 20.3. The highest BCUT2D eigenvalue weighted by atomic mass is 35.5. The molecule has 0 aromatic heterocycles. The minimum Gasteiger partial charge on any atom is -0.465 e. The number of benzene rings is 2. The number of amides is 4. The molecule has 4 amide bonds. The van der Waals surface area contributed by atoms with Crippen LogP contribution in [0.4, 0.5) is 29.3 Å². The van der Waals surface area contributed by atoms with Crippen LogP contribution in [0.1, 0.15) is 36.5 Å². The molecule has 1 unspecified atom stereocenters. The molecule has 2 aromatic carbocycles. The maximum atomic E-state index is 13.6. The molecule has 2 aliphatic heterocycles. The van der Waals surface area contributed by atoms with Gasteiger partial charge in [-0.05, 0) is 55.2 Å². The Morgan fingerprint density at radius 2 is 1.87 bits per heavy atom. The van der Waals surface area contributed by atoms with E-state index in [2.05, 4.69) is 0 Å². The monoisotopic (exact) mass is 549 g/mol. The summed E-state index contributed by atoms with van der Waals surface area (Å²) in [5, 5.41) is -0.639. The van der Waals surface area contributed by atoms with Gasteiger partial charge in [0.25, 0.3) is 0 Å². The molecule has 0 N–H and O–H groups in total. The molecule has 200 valence electrons. The predicted molar refractivity (Wildman–Crippen MR) is 131 cm³/mol. The molecule has 12 heteroatoms. The Morgan fingerprint density at radius 3 is 2.50 bits per heavy atom. The number of ether oxygens (including phenoxy) is 1. The zero-order valence-corrected chi connectivity index (χ0v) is 21.2. The van der Waals surface area contributed by atoms with Gasteiger partial charge in [-0.1, -0.05) is 23.7 Å². The Bertz CT molecular complexity index is 1370. The number of hydrogen-bond acceptors (Lipinski definition) is 5. The summed E-state index contributed by atoms with van der Waals surface area (Å²) in [7, 11) is 1.68. The topological polar surface area (TPSA) is 87.2 Å². The summed E-state index contributed by atoms with van der Waals surface area (Å²) in [6, 6.07) is 7.40. The number of carbonyl (C=O) groups excluding carboxylic acids is 4. The van der Waals surface area contributed by atoms with Crippen molar-refractivity contribution in [3.05, 3.63) is 58.1 Å². The number of imide groups is 1. The highest BCUT2D eigenvalue weighted by Gasteiger charge is 2.58. The first-order chi connectivity index (χ1) is 17.9. The van der Waals surface area contributed by atoms with E-state index in [4.69, 9.17) is 16.3 Å². The lowest BCUT2D eigenvalue weighted by Crippen LogP contribution is -2.58. The number of hydrogen-bond donors (Lipinski definition) is 0. The van der Waals surface area contributed by atoms with Gasteiger partial charge in [-0.2, -0.15) is 13.2 Å². The number of anilines is 2. The van der Waals surface area contributed by atoms with Crippen LogP contribution in [0.15, 0.2) is 36.4 Å². The molecule has 5 rings (SSSR count). The van der Waals surface area contributed by atoms with Gasteiger partial charge in [-0.15, -0.1) is 0 Å². The van der Waals surface area contributed by atoms with Crippen molar-refractivity contribution in [2.75, 3.05) is 30.0 Å². The predicted octanol–water partition coefficient (Wildman–Crippen LogP) is 4.51. The number of alkyl halides is 3. The Kier molecular flexibility index (Phi) is 6.17. The van der Waals surface area contributed by atoms with Crippen molar-refractivity contribution in [2.24, 2.45) is 5.92 Å². The number of nitrogens with zero attached hydrogens (tertiary/aromatic N) is 3. The number of carbonyl (C=O) groups is 4. The molecular formula is C26H23ClF3N3O5. The summed E-state index contributed by atoms with van der Waals surface area (Å²) in [5.41, 5.74) is -0.0235. The van der Waals surface area contributed by atoms with Gasteiger partial charge < -0.3 is 9.64 Å². The third-order valence-electron chi connectivity index (χ3n) is 7.31. The van der Waals surface area contributed by atoms with E-state index >= 15 is 0 Å². The number of esters is 1. The quantitative estimate of drug-likeness (QED) is 0.404. The first-order valence-electron chi connectivity index (χ1n) is 12.0. The fourth-order valence-electron chi connectivity index (χ4n) is 5.16. The maximum absolute atomic E-state index is 13.6. The second kappa shape index (κ2) is 9.00. The first kappa shape index (κ1) is 26.0. The molecule has 1 aliphatic carbocycles. The van der Waals surface area contributed by atoms with Gasteiger partial charge in [0.2, 0.25) is 11.8 Å².